The van der Waals surface area contributed by atoms with E-state index in [2.05, 4.69) is 44.1 Å². The lowest BCUT2D eigenvalue weighted by Crippen LogP contribution is -2.48. The standard InChI is InChI=1S/C23H26O2/c1-22-12-8-21-19(20(22)6-4-17(22)10-14-25)5-3-18-15-16(9-13-24)7-11-23(18,21)2/h3,7,9-11,15,17,19-21H,4-6,8,12H2,1-2H3/t17?,19-,20-,21+,22+,23-/m0/s1. The highest BCUT2D eigenvalue weighted by Gasteiger charge is 2.57. The Labute approximate surface area is 150 Å². The van der Waals surface area contributed by atoms with Gasteiger partial charge in [-0.3, -0.25) is 0 Å². The van der Waals surface area contributed by atoms with Crippen LogP contribution in [0, 0.1) is 34.5 Å². The van der Waals surface area contributed by atoms with Crippen molar-refractivity contribution in [3.05, 3.63) is 47.6 Å². The zero-order valence-corrected chi connectivity index (χ0v) is 15.1. The second-order valence-corrected chi connectivity index (χ2v) is 8.81. The molecule has 0 aromatic carbocycles. The van der Waals surface area contributed by atoms with Gasteiger partial charge in [-0.25, -0.2) is 9.59 Å². The Balaban J connectivity index is 1.69. The minimum Gasteiger partial charge on any atom is -0.234 e. The molecule has 0 aliphatic heterocycles. The predicted octanol–water partition coefficient (Wildman–Crippen LogP) is 4.65. The molecule has 0 spiro atoms. The van der Waals surface area contributed by atoms with Gasteiger partial charge in [0.05, 0.1) is 0 Å². The molecule has 4 aliphatic rings. The molecule has 2 heteroatoms. The first kappa shape index (κ1) is 16.6. The van der Waals surface area contributed by atoms with Crippen LogP contribution in [0.25, 0.3) is 0 Å². The lowest BCUT2D eigenvalue weighted by molar-refractivity contribution is -0.0120. The van der Waals surface area contributed by atoms with Crippen molar-refractivity contribution in [1.29, 1.82) is 0 Å². The Morgan fingerprint density at radius 2 is 1.96 bits per heavy atom. The smallest absolute Gasteiger partial charge is 0.125 e. The minimum atomic E-state index is 0.0725. The fraction of sp³-hybridized carbons (Fsp3) is 0.565. The minimum absolute atomic E-state index is 0.0725. The number of rotatable bonds is 2. The van der Waals surface area contributed by atoms with E-state index in [0.29, 0.717) is 23.7 Å². The lowest BCUT2D eigenvalue weighted by Gasteiger charge is -2.55. The number of allylic oxidation sites excluding steroid dienone is 8. The molecular formula is C23H26O2. The Kier molecular flexibility index (Phi) is 3.87. The maximum atomic E-state index is 10.9. The lowest BCUT2D eigenvalue weighted by atomic mass is 9.49. The summed E-state index contributed by atoms with van der Waals surface area (Å²) in [6.45, 7) is 4.77. The van der Waals surface area contributed by atoms with Gasteiger partial charge in [-0.2, -0.15) is 0 Å². The fourth-order valence-electron chi connectivity index (χ4n) is 6.54. The van der Waals surface area contributed by atoms with E-state index in [9.17, 15) is 9.59 Å². The van der Waals surface area contributed by atoms with Crippen LogP contribution < -0.4 is 0 Å². The zero-order valence-electron chi connectivity index (χ0n) is 15.1. The first-order valence-electron chi connectivity index (χ1n) is 9.56. The maximum absolute atomic E-state index is 10.9. The molecule has 0 aromatic heterocycles. The van der Waals surface area contributed by atoms with Crippen LogP contribution in [-0.2, 0) is 9.59 Å². The summed E-state index contributed by atoms with van der Waals surface area (Å²) in [6, 6.07) is 0. The molecule has 130 valence electrons. The summed E-state index contributed by atoms with van der Waals surface area (Å²) < 4.78 is 0. The van der Waals surface area contributed by atoms with Crippen molar-refractivity contribution < 1.29 is 9.59 Å². The molecule has 0 bridgehead atoms. The second-order valence-electron chi connectivity index (χ2n) is 8.81. The van der Waals surface area contributed by atoms with Crippen LogP contribution in [0.3, 0.4) is 0 Å². The van der Waals surface area contributed by atoms with Gasteiger partial charge in [0.1, 0.15) is 11.9 Å². The van der Waals surface area contributed by atoms with E-state index in [0.717, 1.165) is 18.4 Å². The van der Waals surface area contributed by atoms with Crippen molar-refractivity contribution in [1.82, 2.24) is 0 Å². The number of hydrogen-bond donors (Lipinski definition) is 0. The van der Waals surface area contributed by atoms with E-state index >= 15 is 0 Å². The molecule has 2 fully saturated rings. The van der Waals surface area contributed by atoms with Gasteiger partial charge < -0.3 is 0 Å². The maximum Gasteiger partial charge on any atom is 0.125 e. The summed E-state index contributed by atoms with van der Waals surface area (Å²) in [6.07, 6.45) is 18.2. The van der Waals surface area contributed by atoms with Crippen molar-refractivity contribution in [3.63, 3.8) is 0 Å². The molecule has 0 heterocycles. The van der Waals surface area contributed by atoms with Gasteiger partial charge in [-0.05, 0) is 72.3 Å². The second kappa shape index (κ2) is 5.84. The van der Waals surface area contributed by atoms with E-state index in [-0.39, 0.29) is 10.8 Å². The summed E-state index contributed by atoms with van der Waals surface area (Å²) >= 11 is 0. The van der Waals surface area contributed by atoms with Crippen LogP contribution >= 0.6 is 0 Å². The van der Waals surface area contributed by atoms with Gasteiger partial charge in [0, 0.05) is 17.6 Å². The highest BCUT2D eigenvalue weighted by molar-refractivity contribution is 5.59. The van der Waals surface area contributed by atoms with Gasteiger partial charge in [0.2, 0.25) is 0 Å². The van der Waals surface area contributed by atoms with Crippen molar-refractivity contribution in [2.24, 2.45) is 34.5 Å². The van der Waals surface area contributed by atoms with E-state index in [1.165, 1.54) is 30.9 Å². The summed E-state index contributed by atoms with van der Waals surface area (Å²) in [5.74, 6) is 6.41. The molecule has 0 aromatic rings. The Hall–Kier alpha value is -1.88. The quantitative estimate of drug-likeness (QED) is 0.689. The van der Waals surface area contributed by atoms with Crippen molar-refractivity contribution in [3.8, 4) is 0 Å². The molecule has 25 heavy (non-hydrogen) atoms. The van der Waals surface area contributed by atoms with Crippen molar-refractivity contribution >= 4 is 11.9 Å². The first-order chi connectivity index (χ1) is 12.0. The van der Waals surface area contributed by atoms with Crippen LogP contribution in [-0.4, -0.2) is 11.9 Å². The topological polar surface area (TPSA) is 34.1 Å². The molecule has 2 saturated carbocycles. The number of fused-ring (bicyclic) bond motifs is 5. The highest BCUT2D eigenvalue weighted by Crippen LogP contribution is 2.65. The Morgan fingerprint density at radius 3 is 2.72 bits per heavy atom. The van der Waals surface area contributed by atoms with E-state index < -0.39 is 0 Å². The molecule has 4 rings (SSSR count). The molecule has 1 unspecified atom stereocenters. The van der Waals surface area contributed by atoms with Crippen LogP contribution in [0.4, 0.5) is 0 Å². The summed E-state index contributed by atoms with van der Waals surface area (Å²) in [5.41, 5.74) is 2.65. The van der Waals surface area contributed by atoms with Gasteiger partial charge in [-0.15, -0.1) is 0 Å². The van der Waals surface area contributed by atoms with E-state index in [1.807, 2.05) is 5.94 Å². The van der Waals surface area contributed by atoms with Gasteiger partial charge in [-0.1, -0.05) is 38.2 Å². The first-order valence-corrected chi connectivity index (χ1v) is 9.56. The number of carbonyl (C=O) groups excluding carboxylic acids is 2. The number of hydrogen-bond acceptors (Lipinski definition) is 2. The molecule has 0 N–H and O–H groups in total. The highest BCUT2D eigenvalue weighted by atomic mass is 16.1. The third-order valence-electron chi connectivity index (χ3n) is 7.95. The average Bonchev–Trinajstić information content (AvgIpc) is 2.93. The van der Waals surface area contributed by atoms with Crippen LogP contribution in [0.1, 0.15) is 46.0 Å². The molecule has 0 amide bonds. The molecule has 6 atom stereocenters. The molecule has 2 nitrogen and oxygen atoms in total. The van der Waals surface area contributed by atoms with Crippen molar-refractivity contribution in [2.75, 3.05) is 0 Å². The molecule has 0 saturated heterocycles. The largest absolute Gasteiger partial charge is 0.234 e. The summed E-state index contributed by atoms with van der Waals surface area (Å²) in [4.78, 5) is 21.6. The third-order valence-corrected chi connectivity index (χ3v) is 7.95. The average molecular weight is 334 g/mol. The Bertz CT molecular complexity index is 772. The SMILES string of the molecule is C[C@]12C=CC(C=C=O)=CC1=CC[C@@H]1[C@H]2CC[C@]2(C)C(C=C=O)CC[C@@H]12. The normalized spacial score (nSPS) is 44.2. The van der Waals surface area contributed by atoms with E-state index in [1.54, 1.807) is 6.08 Å². The van der Waals surface area contributed by atoms with Crippen LogP contribution in [0.5, 0.6) is 0 Å². The molecular weight excluding hydrogens is 308 g/mol. The zero-order chi connectivity index (χ0) is 17.7. The van der Waals surface area contributed by atoms with Gasteiger partial charge >= 0.3 is 0 Å². The van der Waals surface area contributed by atoms with Crippen molar-refractivity contribution in [2.45, 2.75) is 46.0 Å². The van der Waals surface area contributed by atoms with E-state index in [4.69, 9.17) is 0 Å². The monoisotopic (exact) mass is 334 g/mol. The predicted molar refractivity (Wildman–Crippen MR) is 99.1 cm³/mol. The summed E-state index contributed by atoms with van der Waals surface area (Å²) in [5, 5.41) is 0. The summed E-state index contributed by atoms with van der Waals surface area (Å²) in [7, 11) is 0. The van der Waals surface area contributed by atoms with Crippen LogP contribution in [0.2, 0.25) is 0 Å². The molecule has 4 aliphatic carbocycles. The third kappa shape index (κ3) is 2.32. The van der Waals surface area contributed by atoms with Gasteiger partial charge in [0.15, 0.2) is 0 Å². The Morgan fingerprint density at radius 1 is 1.12 bits per heavy atom. The fourth-order valence-corrected chi connectivity index (χ4v) is 6.54. The van der Waals surface area contributed by atoms with Crippen LogP contribution in [0.15, 0.2) is 47.6 Å². The van der Waals surface area contributed by atoms with Gasteiger partial charge in [0.25, 0.3) is 0 Å². The molecule has 0 radical (unpaired) electrons.